The lowest BCUT2D eigenvalue weighted by Gasteiger charge is -2.15. The number of ether oxygens (including phenoxy) is 1. The number of Topliss-reactive ketones (excluding diaryl/α,β-unsaturated/α-hetero) is 1. The first-order chi connectivity index (χ1) is 11.1. The smallest absolute Gasteiger partial charge is 0.190 e. The van der Waals surface area contributed by atoms with Crippen LogP contribution in [0.1, 0.15) is 23.2 Å². The molecule has 2 aliphatic rings. The third kappa shape index (κ3) is 3.92. The highest BCUT2D eigenvalue weighted by molar-refractivity contribution is 6.35. The van der Waals surface area contributed by atoms with Crippen molar-refractivity contribution in [3.05, 3.63) is 64.4 Å². The van der Waals surface area contributed by atoms with E-state index in [1.54, 1.807) is 42.6 Å². The summed E-state index contributed by atoms with van der Waals surface area (Å²) in [5.41, 5.74) is 1.12. The van der Waals surface area contributed by atoms with Gasteiger partial charge in [0.2, 0.25) is 0 Å². The molecule has 1 aliphatic carbocycles. The molecule has 1 unspecified atom stereocenters. The molecule has 1 atom stereocenters. The van der Waals surface area contributed by atoms with Crippen LogP contribution in [0.3, 0.4) is 0 Å². The van der Waals surface area contributed by atoms with Gasteiger partial charge in [-0.05, 0) is 42.8 Å². The summed E-state index contributed by atoms with van der Waals surface area (Å²) in [7, 11) is 0. The highest BCUT2D eigenvalue weighted by Gasteiger charge is 2.21. The fraction of sp³-hybridized carbons (Fsp3) is 0.222. The predicted molar refractivity (Wildman–Crippen MR) is 93.7 cm³/mol. The maximum absolute atomic E-state index is 12.6. The fourth-order valence-corrected chi connectivity index (χ4v) is 2.87. The minimum Gasteiger partial charge on any atom is -0.462 e. The van der Waals surface area contributed by atoms with Gasteiger partial charge in [-0.2, -0.15) is 0 Å². The first kappa shape index (κ1) is 16.0. The molecule has 0 amide bonds. The fourth-order valence-electron chi connectivity index (χ4n) is 2.40. The van der Waals surface area contributed by atoms with Crippen molar-refractivity contribution in [1.82, 2.24) is 0 Å². The molecule has 0 saturated carbocycles. The van der Waals surface area contributed by atoms with E-state index < -0.39 is 0 Å². The van der Waals surface area contributed by atoms with Gasteiger partial charge in [-0.25, -0.2) is 0 Å². The standard InChI is InChI=1S/C18H15Cl2NO2/c19-13-3-6-17(20)16(11-13)18(22)12-1-4-14(5-2-12)23-15-7-9-21-10-8-15/h1-7,9,13H,8,10-11H2. The Morgan fingerprint density at radius 3 is 2.74 bits per heavy atom. The molecule has 1 aromatic rings. The van der Waals surface area contributed by atoms with Crippen LogP contribution < -0.4 is 4.74 Å². The third-order valence-electron chi connectivity index (χ3n) is 3.63. The largest absolute Gasteiger partial charge is 0.462 e. The van der Waals surface area contributed by atoms with E-state index in [0.717, 1.165) is 18.7 Å². The van der Waals surface area contributed by atoms with Crippen LogP contribution in [0, 0.1) is 0 Å². The Morgan fingerprint density at radius 2 is 2.04 bits per heavy atom. The topological polar surface area (TPSA) is 38.7 Å². The lowest BCUT2D eigenvalue weighted by Crippen LogP contribution is -2.12. The van der Waals surface area contributed by atoms with Gasteiger partial charge in [0.15, 0.2) is 5.78 Å². The Kier molecular flexibility index (Phi) is 4.99. The number of benzene rings is 1. The zero-order chi connectivity index (χ0) is 16.2. The molecule has 0 aromatic heterocycles. The summed E-state index contributed by atoms with van der Waals surface area (Å²) in [4.78, 5) is 16.7. The second-order valence-corrected chi connectivity index (χ2v) is 6.27. The van der Waals surface area contributed by atoms with E-state index in [2.05, 4.69) is 4.99 Å². The third-order valence-corrected chi connectivity index (χ3v) is 4.29. The van der Waals surface area contributed by atoms with Crippen LogP contribution in [-0.4, -0.2) is 23.9 Å². The molecule has 0 radical (unpaired) electrons. The van der Waals surface area contributed by atoms with Crippen molar-refractivity contribution in [2.45, 2.75) is 18.2 Å². The molecule has 0 fully saturated rings. The number of aliphatic imine (C=N–C) groups is 1. The van der Waals surface area contributed by atoms with Crippen LogP contribution in [0.25, 0.3) is 0 Å². The van der Waals surface area contributed by atoms with Crippen molar-refractivity contribution >= 4 is 35.2 Å². The van der Waals surface area contributed by atoms with Gasteiger partial charge in [0.25, 0.3) is 0 Å². The van der Waals surface area contributed by atoms with Crippen LogP contribution in [0.2, 0.25) is 0 Å². The van der Waals surface area contributed by atoms with Crippen LogP contribution in [0.15, 0.2) is 63.9 Å². The van der Waals surface area contributed by atoms with Crippen molar-refractivity contribution < 1.29 is 9.53 Å². The number of carbonyl (C=O) groups is 1. The van der Waals surface area contributed by atoms with Gasteiger partial charge >= 0.3 is 0 Å². The number of dihydropyridines is 1. The maximum Gasteiger partial charge on any atom is 0.190 e. The molecule has 0 bridgehead atoms. The van der Waals surface area contributed by atoms with Crippen molar-refractivity contribution in [2.24, 2.45) is 4.99 Å². The summed E-state index contributed by atoms with van der Waals surface area (Å²) in [6.07, 6.45) is 8.29. The van der Waals surface area contributed by atoms with Gasteiger partial charge in [0.05, 0.1) is 5.38 Å². The predicted octanol–water partition coefficient (Wildman–Crippen LogP) is 4.67. The summed E-state index contributed by atoms with van der Waals surface area (Å²) in [5.74, 6) is 1.47. The number of hydrogen-bond donors (Lipinski definition) is 0. The molecule has 0 saturated heterocycles. The average Bonchev–Trinajstić information content (AvgIpc) is 2.58. The second-order valence-electron chi connectivity index (χ2n) is 5.30. The van der Waals surface area contributed by atoms with Gasteiger partial charge in [0, 0.05) is 35.3 Å². The average molecular weight is 348 g/mol. The molecule has 1 heterocycles. The minimum absolute atomic E-state index is 0.0967. The molecule has 3 rings (SSSR count). The minimum atomic E-state index is -0.195. The molecule has 118 valence electrons. The van der Waals surface area contributed by atoms with Crippen molar-refractivity contribution in [3.8, 4) is 5.75 Å². The van der Waals surface area contributed by atoms with E-state index >= 15 is 0 Å². The number of allylic oxidation sites excluding steroid dienone is 5. The van der Waals surface area contributed by atoms with E-state index in [9.17, 15) is 4.79 Å². The number of carbonyl (C=O) groups excluding carboxylic acids is 1. The lowest BCUT2D eigenvalue weighted by molar-refractivity contribution is 0.103. The Balaban J connectivity index is 1.74. The van der Waals surface area contributed by atoms with Gasteiger partial charge in [-0.15, -0.1) is 11.6 Å². The number of nitrogens with zero attached hydrogens (tertiary/aromatic N) is 1. The Bertz CT molecular complexity index is 730. The summed E-state index contributed by atoms with van der Waals surface area (Å²) in [6, 6.07) is 7.05. The second kappa shape index (κ2) is 7.16. The molecular weight excluding hydrogens is 333 g/mol. The number of hydrogen-bond acceptors (Lipinski definition) is 3. The molecule has 1 aliphatic heterocycles. The normalized spacial score (nSPS) is 20.4. The van der Waals surface area contributed by atoms with E-state index in [1.165, 1.54) is 0 Å². The molecule has 3 nitrogen and oxygen atoms in total. The van der Waals surface area contributed by atoms with Gasteiger partial charge in [0.1, 0.15) is 11.5 Å². The Morgan fingerprint density at radius 1 is 1.26 bits per heavy atom. The van der Waals surface area contributed by atoms with Gasteiger partial charge in [-0.1, -0.05) is 17.7 Å². The maximum atomic E-state index is 12.6. The molecule has 1 aromatic carbocycles. The van der Waals surface area contributed by atoms with E-state index in [0.29, 0.717) is 28.3 Å². The van der Waals surface area contributed by atoms with Crippen molar-refractivity contribution in [1.29, 1.82) is 0 Å². The monoisotopic (exact) mass is 347 g/mol. The SMILES string of the molecule is O=C(C1=C(Cl)C=CC(Cl)C1)c1ccc(OC2=CC=NCC2)cc1. The van der Waals surface area contributed by atoms with E-state index in [1.807, 2.05) is 6.08 Å². The number of alkyl halides is 1. The molecule has 0 N–H and O–H groups in total. The van der Waals surface area contributed by atoms with Crippen LogP contribution in [-0.2, 0) is 0 Å². The summed E-state index contributed by atoms with van der Waals surface area (Å²) in [5, 5.41) is 0.262. The van der Waals surface area contributed by atoms with Crippen molar-refractivity contribution in [2.75, 3.05) is 6.54 Å². The highest BCUT2D eigenvalue weighted by atomic mass is 35.5. The van der Waals surface area contributed by atoms with Gasteiger partial charge in [-0.3, -0.25) is 9.79 Å². The van der Waals surface area contributed by atoms with Crippen LogP contribution in [0.4, 0.5) is 0 Å². The number of rotatable bonds is 4. The first-order valence-corrected chi connectivity index (χ1v) is 8.17. The Labute approximate surface area is 145 Å². The zero-order valence-corrected chi connectivity index (χ0v) is 13.8. The quantitative estimate of drug-likeness (QED) is 0.586. The zero-order valence-electron chi connectivity index (χ0n) is 12.3. The van der Waals surface area contributed by atoms with Crippen LogP contribution >= 0.6 is 23.2 Å². The Hall–Kier alpha value is -1.84. The molecular formula is C18H15Cl2NO2. The molecule has 23 heavy (non-hydrogen) atoms. The summed E-state index contributed by atoms with van der Waals surface area (Å²) >= 11 is 12.2. The molecule has 5 heteroatoms. The summed E-state index contributed by atoms with van der Waals surface area (Å²) < 4.78 is 5.76. The van der Waals surface area contributed by atoms with Gasteiger partial charge < -0.3 is 4.74 Å². The summed E-state index contributed by atoms with van der Waals surface area (Å²) in [6.45, 7) is 0.738. The number of ketones is 1. The highest BCUT2D eigenvalue weighted by Crippen LogP contribution is 2.28. The van der Waals surface area contributed by atoms with Crippen molar-refractivity contribution in [3.63, 3.8) is 0 Å². The van der Waals surface area contributed by atoms with Crippen LogP contribution in [0.5, 0.6) is 5.75 Å². The molecule has 0 spiro atoms. The lowest BCUT2D eigenvalue weighted by atomic mass is 9.96. The van der Waals surface area contributed by atoms with E-state index in [4.69, 9.17) is 27.9 Å². The van der Waals surface area contributed by atoms with E-state index in [-0.39, 0.29) is 11.2 Å². The first-order valence-electron chi connectivity index (χ1n) is 7.36. The number of halogens is 2.